The third-order valence-electron chi connectivity index (χ3n) is 1.11. The molecule has 0 fully saturated rings. The van der Waals surface area contributed by atoms with E-state index in [1.807, 2.05) is 6.92 Å². The van der Waals surface area contributed by atoms with Crippen LogP contribution in [0.1, 0.15) is 6.92 Å². The van der Waals surface area contributed by atoms with Crippen molar-refractivity contribution in [2.75, 3.05) is 40.0 Å². The number of ether oxygens (including phenoxy) is 2. The monoisotopic (exact) mass is 147 g/mol. The number of hydrogen-bond acceptors (Lipinski definition) is 3. The molecule has 0 bridgehead atoms. The molecule has 1 N–H and O–H groups in total. The number of methoxy groups -OCH3 is 1. The molecule has 0 aliphatic heterocycles. The fourth-order valence-electron chi connectivity index (χ4n) is 0.588. The molecule has 0 unspecified atom stereocenters. The van der Waals surface area contributed by atoms with Crippen molar-refractivity contribution in [2.24, 2.45) is 0 Å². The summed E-state index contributed by atoms with van der Waals surface area (Å²) in [6.07, 6.45) is 0. The van der Waals surface area contributed by atoms with E-state index in [-0.39, 0.29) is 0 Å². The molecule has 0 radical (unpaired) electrons. The molecule has 62 valence electrons. The van der Waals surface area contributed by atoms with Crippen molar-refractivity contribution in [1.82, 2.24) is 5.32 Å². The second-order valence-electron chi connectivity index (χ2n) is 1.94. The van der Waals surface area contributed by atoms with Gasteiger partial charge in [-0.05, 0) is 6.92 Å². The van der Waals surface area contributed by atoms with Gasteiger partial charge in [-0.15, -0.1) is 0 Å². The molecule has 10 heavy (non-hydrogen) atoms. The van der Waals surface area contributed by atoms with Crippen LogP contribution >= 0.6 is 0 Å². The van der Waals surface area contributed by atoms with Crippen molar-refractivity contribution in [2.45, 2.75) is 6.92 Å². The molecule has 0 heterocycles. The number of nitrogens with one attached hydrogen (secondary N) is 1. The Morgan fingerprint density at radius 1 is 1.20 bits per heavy atom. The van der Waals surface area contributed by atoms with Gasteiger partial charge in [-0.25, -0.2) is 0 Å². The summed E-state index contributed by atoms with van der Waals surface area (Å²) in [6, 6.07) is 0. The zero-order valence-electron chi connectivity index (χ0n) is 6.85. The van der Waals surface area contributed by atoms with Crippen molar-refractivity contribution < 1.29 is 9.47 Å². The average Bonchev–Trinajstić information content (AvgIpc) is 1.97. The molecule has 0 aromatic rings. The molecular formula is C7H17NO2. The Kier molecular flexibility index (Phi) is 8.77. The summed E-state index contributed by atoms with van der Waals surface area (Å²) in [6.45, 7) is 6.17. The quantitative estimate of drug-likeness (QED) is 0.524. The first-order chi connectivity index (χ1) is 4.91. The molecule has 0 aliphatic rings. The Balaban J connectivity index is 2.65. The molecule has 0 aromatic heterocycles. The first kappa shape index (κ1) is 9.88. The average molecular weight is 147 g/mol. The summed E-state index contributed by atoms with van der Waals surface area (Å²) in [5.41, 5.74) is 0. The highest BCUT2D eigenvalue weighted by atomic mass is 16.5. The first-order valence-electron chi connectivity index (χ1n) is 3.69. The van der Waals surface area contributed by atoms with Crippen LogP contribution in [0.3, 0.4) is 0 Å². The zero-order chi connectivity index (χ0) is 7.66. The van der Waals surface area contributed by atoms with Gasteiger partial charge >= 0.3 is 0 Å². The summed E-state index contributed by atoms with van der Waals surface area (Å²) in [5, 5.41) is 3.17. The lowest BCUT2D eigenvalue weighted by molar-refractivity contribution is 0.144. The van der Waals surface area contributed by atoms with Gasteiger partial charge in [-0.2, -0.15) is 0 Å². The zero-order valence-corrected chi connectivity index (χ0v) is 6.85. The van der Waals surface area contributed by atoms with Crippen LogP contribution in [0.5, 0.6) is 0 Å². The first-order valence-corrected chi connectivity index (χ1v) is 3.69. The summed E-state index contributed by atoms with van der Waals surface area (Å²) < 4.78 is 9.96. The van der Waals surface area contributed by atoms with Crippen molar-refractivity contribution >= 4 is 0 Å². The minimum Gasteiger partial charge on any atom is -0.383 e. The molecule has 0 spiro atoms. The maximum Gasteiger partial charge on any atom is 0.0590 e. The topological polar surface area (TPSA) is 30.5 Å². The Labute approximate surface area is 62.7 Å². The van der Waals surface area contributed by atoms with Crippen molar-refractivity contribution in [3.63, 3.8) is 0 Å². The van der Waals surface area contributed by atoms with E-state index in [4.69, 9.17) is 9.47 Å². The lowest BCUT2D eigenvalue weighted by atomic mass is 10.6. The smallest absolute Gasteiger partial charge is 0.0590 e. The summed E-state index contributed by atoms with van der Waals surface area (Å²) >= 11 is 0. The standard InChI is InChI=1S/C7H17NO2/c1-3-10-7-5-8-4-6-9-2/h8H,3-7H2,1-2H3. The highest BCUT2D eigenvalue weighted by Crippen LogP contribution is 1.70. The van der Waals surface area contributed by atoms with E-state index in [9.17, 15) is 0 Å². The molecule has 3 heteroatoms. The van der Waals surface area contributed by atoms with E-state index in [1.165, 1.54) is 0 Å². The predicted octanol–water partition coefficient (Wildman–Crippen LogP) is 0.259. The molecule has 0 saturated carbocycles. The number of hydrogen-bond donors (Lipinski definition) is 1. The van der Waals surface area contributed by atoms with Crippen LogP contribution in [0.15, 0.2) is 0 Å². The van der Waals surface area contributed by atoms with E-state index in [2.05, 4.69) is 5.32 Å². The van der Waals surface area contributed by atoms with Gasteiger partial charge in [0, 0.05) is 26.8 Å². The second-order valence-corrected chi connectivity index (χ2v) is 1.94. The highest BCUT2D eigenvalue weighted by molar-refractivity contribution is 4.43. The predicted molar refractivity (Wildman–Crippen MR) is 41.2 cm³/mol. The van der Waals surface area contributed by atoms with Crippen LogP contribution in [0, 0.1) is 0 Å². The normalized spacial score (nSPS) is 10.2. The van der Waals surface area contributed by atoms with Crippen LogP contribution < -0.4 is 5.32 Å². The van der Waals surface area contributed by atoms with Gasteiger partial charge in [0.2, 0.25) is 0 Å². The Morgan fingerprint density at radius 2 is 1.90 bits per heavy atom. The van der Waals surface area contributed by atoms with Crippen LogP contribution in [0.25, 0.3) is 0 Å². The lowest BCUT2D eigenvalue weighted by Gasteiger charge is -2.02. The van der Waals surface area contributed by atoms with Crippen LogP contribution in [-0.4, -0.2) is 40.0 Å². The van der Waals surface area contributed by atoms with Crippen molar-refractivity contribution in [1.29, 1.82) is 0 Å². The van der Waals surface area contributed by atoms with Gasteiger partial charge in [0.1, 0.15) is 0 Å². The van der Waals surface area contributed by atoms with E-state index in [0.29, 0.717) is 0 Å². The summed E-state index contributed by atoms with van der Waals surface area (Å²) in [5.74, 6) is 0. The maximum absolute atomic E-state index is 5.11. The molecule has 0 aliphatic carbocycles. The van der Waals surface area contributed by atoms with Gasteiger partial charge < -0.3 is 14.8 Å². The third-order valence-corrected chi connectivity index (χ3v) is 1.11. The molecular weight excluding hydrogens is 130 g/mol. The van der Waals surface area contributed by atoms with Crippen LogP contribution in [0.4, 0.5) is 0 Å². The van der Waals surface area contributed by atoms with Gasteiger partial charge in [0.15, 0.2) is 0 Å². The minimum absolute atomic E-state index is 0.770. The van der Waals surface area contributed by atoms with Gasteiger partial charge in [0.25, 0.3) is 0 Å². The van der Waals surface area contributed by atoms with Crippen LogP contribution in [0.2, 0.25) is 0 Å². The Bertz CT molecular complexity index is 51.6. The minimum atomic E-state index is 0.770. The van der Waals surface area contributed by atoms with Crippen molar-refractivity contribution in [3.05, 3.63) is 0 Å². The largest absolute Gasteiger partial charge is 0.383 e. The fraction of sp³-hybridized carbons (Fsp3) is 1.00. The summed E-state index contributed by atoms with van der Waals surface area (Å²) in [4.78, 5) is 0. The van der Waals surface area contributed by atoms with Gasteiger partial charge in [0.05, 0.1) is 13.2 Å². The molecule has 0 aromatic carbocycles. The van der Waals surface area contributed by atoms with E-state index >= 15 is 0 Å². The van der Waals surface area contributed by atoms with Gasteiger partial charge in [-0.3, -0.25) is 0 Å². The third kappa shape index (κ3) is 7.88. The Morgan fingerprint density at radius 3 is 2.50 bits per heavy atom. The SMILES string of the molecule is CCOCCNCCOC. The Hall–Kier alpha value is -0.120. The van der Waals surface area contributed by atoms with Crippen LogP contribution in [-0.2, 0) is 9.47 Å². The molecule has 0 atom stereocenters. The van der Waals surface area contributed by atoms with Gasteiger partial charge in [-0.1, -0.05) is 0 Å². The van der Waals surface area contributed by atoms with E-state index in [1.54, 1.807) is 7.11 Å². The van der Waals surface area contributed by atoms with Crippen molar-refractivity contribution in [3.8, 4) is 0 Å². The fourth-order valence-corrected chi connectivity index (χ4v) is 0.588. The second kappa shape index (κ2) is 8.88. The number of rotatable bonds is 7. The molecule has 0 rings (SSSR count). The lowest BCUT2D eigenvalue weighted by Crippen LogP contribution is -2.23. The molecule has 0 amide bonds. The molecule has 3 nitrogen and oxygen atoms in total. The maximum atomic E-state index is 5.11. The van der Waals surface area contributed by atoms with E-state index in [0.717, 1.165) is 32.9 Å². The highest BCUT2D eigenvalue weighted by Gasteiger charge is 1.84. The van der Waals surface area contributed by atoms with E-state index < -0.39 is 0 Å². The summed E-state index contributed by atoms with van der Waals surface area (Å²) in [7, 11) is 1.70. The molecule has 0 saturated heterocycles.